The topological polar surface area (TPSA) is 85.7 Å². The lowest BCUT2D eigenvalue weighted by molar-refractivity contribution is 0.0699. The summed E-state index contributed by atoms with van der Waals surface area (Å²) in [5, 5.41) is 14.3. The molecule has 0 spiro atoms. The largest absolute Gasteiger partial charge is 0.490 e. The Kier molecular flexibility index (Phi) is 4.58. The Morgan fingerprint density at radius 1 is 1.17 bits per heavy atom. The maximum Gasteiger partial charge on any atom is 0.340 e. The molecule has 0 bridgehead atoms. The van der Waals surface area contributed by atoms with E-state index in [1.54, 1.807) is 25.1 Å². The number of fused-ring (bicyclic) bond motifs is 1. The predicted molar refractivity (Wildman–Crippen MR) is 105 cm³/mol. The van der Waals surface area contributed by atoms with Crippen molar-refractivity contribution in [2.24, 2.45) is 0 Å². The number of aryl methyl sites for hydroxylation is 1. The summed E-state index contributed by atoms with van der Waals surface area (Å²) in [5.74, 6) is -0.318. The fourth-order valence-corrected chi connectivity index (χ4v) is 3.18. The number of benzene rings is 2. The second-order valence-corrected chi connectivity index (χ2v) is 6.95. The minimum Gasteiger partial charge on any atom is -0.490 e. The number of carboxylic acids is 1. The molecule has 0 amide bonds. The van der Waals surface area contributed by atoms with Crippen LogP contribution < -0.4 is 4.74 Å². The third-order valence-electron chi connectivity index (χ3n) is 4.38. The third kappa shape index (κ3) is 3.47. The average molecular weight is 395 g/mol. The lowest BCUT2D eigenvalue weighted by Crippen LogP contribution is -2.07. The van der Waals surface area contributed by atoms with E-state index in [-0.39, 0.29) is 17.4 Å². The molecule has 2 aromatic carbocycles. The number of rotatable bonds is 5. The van der Waals surface area contributed by atoms with Crippen molar-refractivity contribution in [2.45, 2.75) is 26.9 Å². The highest BCUT2D eigenvalue weighted by molar-refractivity contribution is 6.09. The first-order valence-corrected chi connectivity index (χ1v) is 9.03. The average Bonchev–Trinajstić information content (AvgIpc) is 3.24. The summed E-state index contributed by atoms with van der Waals surface area (Å²) in [5.41, 5.74) is 1.98. The number of carbonyl (C=O) groups is 1. The molecule has 0 atom stereocenters. The Morgan fingerprint density at radius 2 is 1.90 bits per heavy atom. The van der Waals surface area contributed by atoms with Gasteiger partial charge in [-0.25, -0.2) is 9.18 Å². The van der Waals surface area contributed by atoms with Crippen LogP contribution in [-0.2, 0) is 0 Å². The van der Waals surface area contributed by atoms with Crippen LogP contribution in [0, 0.1) is 12.7 Å². The molecule has 0 fully saturated rings. The van der Waals surface area contributed by atoms with Crippen LogP contribution in [0.5, 0.6) is 5.75 Å². The number of hydrogen-bond acceptors (Lipinski definition) is 5. The van der Waals surface area contributed by atoms with E-state index in [0.29, 0.717) is 39.3 Å². The number of carboxylic acid groups (broad SMARTS) is 1. The van der Waals surface area contributed by atoms with Crippen LogP contribution in [0.2, 0.25) is 0 Å². The summed E-state index contributed by atoms with van der Waals surface area (Å²) < 4.78 is 30.3. The lowest BCUT2D eigenvalue weighted by Gasteiger charge is -2.13. The van der Waals surface area contributed by atoms with Gasteiger partial charge in [-0.1, -0.05) is 5.16 Å². The molecule has 0 unspecified atom stereocenters. The van der Waals surface area contributed by atoms with Gasteiger partial charge in [-0.3, -0.25) is 0 Å². The molecule has 2 aromatic heterocycles. The second-order valence-electron chi connectivity index (χ2n) is 6.95. The predicted octanol–water partition coefficient (Wildman–Crippen LogP) is 5.69. The molecule has 0 aliphatic carbocycles. The van der Waals surface area contributed by atoms with Crippen LogP contribution in [0.1, 0.15) is 30.0 Å². The zero-order valence-electron chi connectivity index (χ0n) is 16.0. The molecule has 4 aromatic rings. The minimum absolute atomic E-state index is 0.0110. The van der Waals surface area contributed by atoms with Crippen molar-refractivity contribution >= 4 is 16.9 Å². The Morgan fingerprint density at radius 3 is 2.48 bits per heavy atom. The lowest BCUT2D eigenvalue weighted by atomic mass is 10.0. The zero-order chi connectivity index (χ0) is 20.7. The molecular weight excluding hydrogens is 377 g/mol. The molecule has 0 aliphatic heterocycles. The first-order chi connectivity index (χ1) is 13.8. The highest BCUT2D eigenvalue weighted by Gasteiger charge is 2.25. The molecule has 29 heavy (non-hydrogen) atoms. The molecule has 7 heteroatoms. The van der Waals surface area contributed by atoms with Crippen molar-refractivity contribution in [2.75, 3.05) is 0 Å². The first kappa shape index (κ1) is 18.7. The van der Waals surface area contributed by atoms with Gasteiger partial charge < -0.3 is 18.8 Å². The van der Waals surface area contributed by atoms with Crippen molar-refractivity contribution in [1.82, 2.24) is 5.16 Å². The second kappa shape index (κ2) is 7.09. The Bertz CT molecular complexity index is 1200. The van der Waals surface area contributed by atoms with E-state index >= 15 is 0 Å². The Labute approximate surface area is 165 Å². The molecule has 1 N–H and O–H groups in total. The van der Waals surface area contributed by atoms with Gasteiger partial charge in [0, 0.05) is 22.6 Å². The number of ether oxygens (including phenoxy) is 1. The van der Waals surface area contributed by atoms with Crippen molar-refractivity contribution < 1.29 is 28.0 Å². The van der Waals surface area contributed by atoms with E-state index in [1.807, 2.05) is 13.8 Å². The third-order valence-corrected chi connectivity index (χ3v) is 4.38. The molecule has 4 rings (SSSR count). The summed E-state index contributed by atoms with van der Waals surface area (Å²) in [6.45, 7) is 5.53. The monoisotopic (exact) mass is 395 g/mol. The van der Waals surface area contributed by atoms with Gasteiger partial charge in [0.2, 0.25) is 0 Å². The van der Waals surface area contributed by atoms with Crippen LogP contribution in [0.15, 0.2) is 51.4 Å². The van der Waals surface area contributed by atoms with Crippen LogP contribution in [0.25, 0.3) is 33.6 Å². The maximum atomic E-state index is 13.3. The number of halogens is 1. The standard InChI is InChI=1S/C22H18FNO5/c1-11(2)27-18-10-16-19(9-15(18)17-8-12(3)29-24-17)28-21(20(16)22(25)26)13-4-6-14(23)7-5-13/h4-11H,1-3H3,(H,25,26). The fourth-order valence-electron chi connectivity index (χ4n) is 3.18. The van der Waals surface area contributed by atoms with E-state index < -0.39 is 11.8 Å². The van der Waals surface area contributed by atoms with Crippen molar-refractivity contribution in [3.63, 3.8) is 0 Å². The summed E-state index contributed by atoms with van der Waals surface area (Å²) >= 11 is 0. The van der Waals surface area contributed by atoms with Gasteiger partial charge in [0.15, 0.2) is 0 Å². The van der Waals surface area contributed by atoms with Crippen molar-refractivity contribution in [1.29, 1.82) is 0 Å². The fraction of sp³-hybridized carbons (Fsp3) is 0.182. The number of aromatic nitrogens is 1. The van der Waals surface area contributed by atoms with Gasteiger partial charge in [0.25, 0.3) is 0 Å². The van der Waals surface area contributed by atoms with Gasteiger partial charge >= 0.3 is 5.97 Å². The summed E-state index contributed by atoms with van der Waals surface area (Å²) in [7, 11) is 0. The van der Waals surface area contributed by atoms with E-state index in [2.05, 4.69) is 5.16 Å². The molecule has 0 radical (unpaired) electrons. The van der Waals surface area contributed by atoms with Crippen molar-refractivity contribution in [3.05, 3.63) is 59.6 Å². The molecule has 2 heterocycles. The van der Waals surface area contributed by atoms with Gasteiger partial charge in [0.1, 0.15) is 39.9 Å². The summed E-state index contributed by atoms with van der Waals surface area (Å²) in [6, 6.07) is 10.5. The van der Waals surface area contributed by atoms with E-state index in [4.69, 9.17) is 13.7 Å². The van der Waals surface area contributed by atoms with Gasteiger partial charge in [-0.05, 0) is 57.2 Å². The molecule has 148 valence electrons. The highest BCUT2D eigenvalue weighted by atomic mass is 19.1. The number of furan rings is 1. The number of nitrogens with zero attached hydrogens (tertiary/aromatic N) is 1. The Balaban J connectivity index is 1.99. The van der Waals surface area contributed by atoms with Gasteiger partial charge in [0.05, 0.1) is 6.10 Å². The van der Waals surface area contributed by atoms with Crippen LogP contribution in [-0.4, -0.2) is 22.3 Å². The van der Waals surface area contributed by atoms with Crippen LogP contribution in [0.4, 0.5) is 4.39 Å². The molecule has 0 aliphatic rings. The number of aromatic carboxylic acids is 1. The van der Waals surface area contributed by atoms with Gasteiger partial charge in [-0.2, -0.15) is 0 Å². The van der Waals surface area contributed by atoms with E-state index in [0.717, 1.165) is 0 Å². The highest BCUT2D eigenvalue weighted by Crippen LogP contribution is 2.40. The first-order valence-electron chi connectivity index (χ1n) is 9.03. The summed E-state index contributed by atoms with van der Waals surface area (Å²) in [4.78, 5) is 12.0. The Hall–Kier alpha value is -3.61. The van der Waals surface area contributed by atoms with E-state index in [1.165, 1.54) is 24.3 Å². The normalized spacial score (nSPS) is 11.3. The van der Waals surface area contributed by atoms with Crippen molar-refractivity contribution in [3.8, 4) is 28.3 Å². The molecule has 0 saturated carbocycles. The number of hydrogen-bond donors (Lipinski definition) is 1. The summed E-state index contributed by atoms with van der Waals surface area (Å²) in [6.07, 6.45) is -0.143. The molecular formula is C22H18FNO5. The quantitative estimate of drug-likeness (QED) is 0.467. The smallest absolute Gasteiger partial charge is 0.340 e. The maximum absolute atomic E-state index is 13.3. The molecule has 0 saturated heterocycles. The van der Waals surface area contributed by atoms with Crippen LogP contribution >= 0.6 is 0 Å². The van der Waals surface area contributed by atoms with Gasteiger partial charge in [-0.15, -0.1) is 0 Å². The minimum atomic E-state index is -1.15. The SMILES string of the molecule is Cc1cc(-c2cc3oc(-c4ccc(F)cc4)c(C(=O)O)c3cc2OC(C)C)no1. The molecule has 6 nitrogen and oxygen atoms in total. The van der Waals surface area contributed by atoms with Crippen LogP contribution in [0.3, 0.4) is 0 Å². The van der Waals surface area contributed by atoms with E-state index in [9.17, 15) is 14.3 Å². The zero-order valence-corrected chi connectivity index (χ0v) is 16.0.